The standard InChI is InChI=1S/C72H114O6/c1-4-7-10-13-16-19-21-23-25-27-28-29-30-31-32-33-34-35-36-37-38-39-40-41-42-43-44-46-47-49-51-53-56-59-62-65-71(74)77-68-69(67-76-70(73)64-61-58-55-18-15-12-9-6-3)78-72(75)66-63-60-57-54-52-50-48-45-26-24-22-20-17-14-11-8-5-2/h7-8,10-11,16-17,19-20,23-26,28-29,31-32,34-35,37-38,40-41,43-44,47,49,69H,4-6,9,12-15,18,21-22,27,30,33,36,39,42,45-46,48,50-68H2,1-3H3/b10-7-,11-8-,19-16-,20-17-,25-23-,26-24-,29-28-,32-31-,35-34-,38-37-,41-40-,44-43-,49-47-. The van der Waals surface area contributed by atoms with Crippen molar-refractivity contribution in [1.82, 2.24) is 0 Å². The van der Waals surface area contributed by atoms with Gasteiger partial charge in [0, 0.05) is 19.3 Å². The van der Waals surface area contributed by atoms with Crippen LogP contribution >= 0.6 is 0 Å². The second kappa shape index (κ2) is 64.6. The van der Waals surface area contributed by atoms with Crippen molar-refractivity contribution in [2.24, 2.45) is 0 Å². The van der Waals surface area contributed by atoms with Gasteiger partial charge in [0.05, 0.1) is 0 Å². The van der Waals surface area contributed by atoms with Crippen LogP contribution in [0.4, 0.5) is 0 Å². The molecule has 0 aliphatic carbocycles. The summed E-state index contributed by atoms with van der Waals surface area (Å²) in [4.78, 5) is 38.1. The van der Waals surface area contributed by atoms with Crippen molar-refractivity contribution in [3.05, 3.63) is 158 Å². The normalized spacial score (nSPS) is 13.2. The Morgan fingerprint density at radius 1 is 0.269 bits per heavy atom. The number of rotatable bonds is 55. The average molecular weight is 1080 g/mol. The van der Waals surface area contributed by atoms with Crippen LogP contribution in [0.2, 0.25) is 0 Å². The third-order valence-corrected chi connectivity index (χ3v) is 12.8. The summed E-state index contributed by atoms with van der Waals surface area (Å²) in [6, 6.07) is 0. The number of hydrogen-bond donors (Lipinski definition) is 0. The Morgan fingerprint density at radius 3 is 0.782 bits per heavy atom. The summed E-state index contributed by atoms with van der Waals surface area (Å²) < 4.78 is 16.8. The summed E-state index contributed by atoms with van der Waals surface area (Å²) in [5.41, 5.74) is 0. The molecule has 6 nitrogen and oxygen atoms in total. The lowest BCUT2D eigenvalue weighted by atomic mass is 10.1. The Morgan fingerprint density at radius 2 is 0.500 bits per heavy atom. The van der Waals surface area contributed by atoms with Gasteiger partial charge in [-0.3, -0.25) is 14.4 Å². The van der Waals surface area contributed by atoms with E-state index in [0.29, 0.717) is 19.3 Å². The van der Waals surface area contributed by atoms with Crippen LogP contribution in [0.3, 0.4) is 0 Å². The molecular weight excluding hydrogens is 961 g/mol. The van der Waals surface area contributed by atoms with Gasteiger partial charge in [-0.2, -0.15) is 0 Å². The van der Waals surface area contributed by atoms with Crippen LogP contribution in [-0.4, -0.2) is 37.2 Å². The fourth-order valence-electron chi connectivity index (χ4n) is 8.13. The molecule has 0 spiro atoms. The van der Waals surface area contributed by atoms with E-state index in [9.17, 15) is 14.4 Å². The van der Waals surface area contributed by atoms with E-state index in [0.717, 1.165) is 161 Å². The SMILES string of the molecule is CC/C=C\C/C=C\C/C=C\C/C=C\C/C=C\C/C=C\C/C=C\C/C=C\C/C=C\C/C=C\CCCCCCC(=O)OCC(COC(=O)CCCCCCCCCC)OC(=O)CCCCCCCCC/C=C\C/C=C\C/C=C\CC. The van der Waals surface area contributed by atoms with E-state index in [4.69, 9.17) is 14.2 Å². The van der Waals surface area contributed by atoms with Crippen LogP contribution < -0.4 is 0 Å². The highest BCUT2D eigenvalue weighted by Crippen LogP contribution is 2.14. The van der Waals surface area contributed by atoms with Crippen LogP contribution in [0.5, 0.6) is 0 Å². The molecule has 0 aromatic heterocycles. The van der Waals surface area contributed by atoms with Gasteiger partial charge in [-0.25, -0.2) is 0 Å². The molecule has 0 aliphatic heterocycles. The maximum absolute atomic E-state index is 12.8. The van der Waals surface area contributed by atoms with Crippen molar-refractivity contribution in [2.75, 3.05) is 13.2 Å². The third kappa shape index (κ3) is 61.9. The zero-order valence-corrected chi connectivity index (χ0v) is 50.1. The number of esters is 3. The van der Waals surface area contributed by atoms with Gasteiger partial charge in [-0.1, -0.05) is 269 Å². The minimum Gasteiger partial charge on any atom is -0.462 e. The second-order valence-corrected chi connectivity index (χ2v) is 20.2. The van der Waals surface area contributed by atoms with Gasteiger partial charge in [0.25, 0.3) is 0 Å². The van der Waals surface area contributed by atoms with Crippen molar-refractivity contribution in [2.45, 2.75) is 264 Å². The molecule has 438 valence electrons. The van der Waals surface area contributed by atoms with Crippen molar-refractivity contribution in [3.8, 4) is 0 Å². The Hall–Kier alpha value is -4.97. The molecule has 0 rings (SSSR count). The molecule has 0 N–H and O–H groups in total. The predicted octanol–water partition coefficient (Wildman–Crippen LogP) is 21.7. The molecule has 1 unspecified atom stereocenters. The summed E-state index contributed by atoms with van der Waals surface area (Å²) in [6.45, 7) is 6.35. The van der Waals surface area contributed by atoms with Gasteiger partial charge in [0.1, 0.15) is 13.2 Å². The highest BCUT2D eigenvalue weighted by atomic mass is 16.6. The van der Waals surface area contributed by atoms with Crippen molar-refractivity contribution >= 4 is 17.9 Å². The topological polar surface area (TPSA) is 78.9 Å². The van der Waals surface area contributed by atoms with Crippen molar-refractivity contribution in [1.29, 1.82) is 0 Å². The molecular formula is C72H114O6. The lowest BCUT2D eigenvalue weighted by Crippen LogP contribution is -2.30. The fraction of sp³-hybridized carbons (Fsp3) is 0.597. The molecule has 0 aromatic rings. The number of ether oxygens (including phenoxy) is 3. The molecule has 0 bridgehead atoms. The first-order valence-electron chi connectivity index (χ1n) is 31.5. The summed E-state index contributed by atoms with van der Waals surface area (Å²) in [5.74, 6) is -0.940. The second-order valence-electron chi connectivity index (χ2n) is 20.2. The minimum atomic E-state index is -0.798. The smallest absolute Gasteiger partial charge is 0.306 e. The molecule has 0 fully saturated rings. The lowest BCUT2D eigenvalue weighted by Gasteiger charge is -2.18. The Labute approximate surface area is 480 Å². The maximum Gasteiger partial charge on any atom is 0.306 e. The largest absolute Gasteiger partial charge is 0.462 e. The number of unbranched alkanes of at least 4 members (excludes halogenated alkanes) is 18. The van der Waals surface area contributed by atoms with Gasteiger partial charge in [-0.05, 0) is 128 Å². The van der Waals surface area contributed by atoms with E-state index in [2.05, 4.69) is 179 Å². The van der Waals surface area contributed by atoms with E-state index >= 15 is 0 Å². The van der Waals surface area contributed by atoms with E-state index in [1.165, 1.54) is 57.8 Å². The molecule has 0 aliphatic rings. The first kappa shape index (κ1) is 73.0. The minimum absolute atomic E-state index is 0.0944. The molecule has 0 saturated heterocycles. The third-order valence-electron chi connectivity index (χ3n) is 12.8. The van der Waals surface area contributed by atoms with Gasteiger partial charge in [0.2, 0.25) is 0 Å². The Kier molecular flexibility index (Phi) is 60.4. The first-order valence-corrected chi connectivity index (χ1v) is 31.5. The molecule has 0 radical (unpaired) electrons. The van der Waals surface area contributed by atoms with Crippen molar-refractivity contribution in [3.63, 3.8) is 0 Å². The molecule has 0 aromatic carbocycles. The summed E-state index contributed by atoms with van der Waals surface area (Å²) >= 11 is 0. The van der Waals surface area contributed by atoms with Gasteiger partial charge >= 0.3 is 17.9 Å². The summed E-state index contributed by atoms with van der Waals surface area (Å²) in [6.07, 6.45) is 94.1. The van der Waals surface area contributed by atoms with Crippen molar-refractivity contribution < 1.29 is 28.6 Å². The van der Waals surface area contributed by atoms with Gasteiger partial charge in [0.15, 0.2) is 6.10 Å². The quantitative estimate of drug-likeness (QED) is 0.0261. The van der Waals surface area contributed by atoms with E-state index in [1.54, 1.807) is 0 Å². The first-order chi connectivity index (χ1) is 38.5. The zero-order chi connectivity index (χ0) is 56.4. The predicted molar refractivity (Wildman–Crippen MR) is 338 cm³/mol. The number of allylic oxidation sites excluding steroid dienone is 26. The monoisotopic (exact) mass is 1070 g/mol. The number of hydrogen-bond acceptors (Lipinski definition) is 6. The van der Waals surface area contributed by atoms with E-state index in [1.807, 2.05) is 0 Å². The van der Waals surface area contributed by atoms with Gasteiger partial charge < -0.3 is 14.2 Å². The van der Waals surface area contributed by atoms with E-state index in [-0.39, 0.29) is 31.1 Å². The highest BCUT2D eigenvalue weighted by molar-refractivity contribution is 5.71. The van der Waals surface area contributed by atoms with E-state index < -0.39 is 6.10 Å². The molecule has 6 heteroatoms. The highest BCUT2D eigenvalue weighted by Gasteiger charge is 2.19. The zero-order valence-electron chi connectivity index (χ0n) is 50.1. The van der Waals surface area contributed by atoms with Gasteiger partial charge in [-0.15, -0.1) is 0 Å². The molecule has 1 atom stereocenters. The molecule has 0 amide bonds. The maximum atomic E-state index is 12.8. The summed E-state index contributed by atoms with van der Waals surface area (Å²) in [7, 11) is 0. The molecule has 0 heterocycles. The van der Waals surface area contributed by atoms with Crippen LogP contribution in [0, 0.1) is 0 Å². The number of carbonyl (C=O) groups excluding carboxylic acids is 3. The lowest BCUT2D eigenvalue weighted by molar-refractivity contribution is -0.167. The fourth-order valence-corrected chi connectivity index (χ4v) is 8.13. The Balaban J connectivity index is 4.25. The van der Waals surface area contributed by atoms with Crippen LogP contribution in [-0.2, 0) is 28.6 Å². The van der Waals surface area contributed by atoms with Crippen LogP contribution in [0.15, 0.2) is 158 Å². The average Bonchev–Trinajstić information content (AvgIpc) is 3.44. The number of carbonyl (C=O) groups is 3. The molecule has 0 saturated carbocycles. The summed E-state index contributed by atoms with van der Waals surface area (Å²) in [5, 5.41) is 0. The van der Waals surface area contributed by atoms with Crippen LogP contribution in [0.1, 0.15) is 258 Å². The van der Waals surface area contributed by atoms with Crippen LogP contribution in [0.25, 0.3) is 0 Å². The molecule has 78 heavy (non-hydrogen) atoms. The Bertz CT molecular complexity index is 1760.